The van der Waals surface area contributed by atoms with Crippen molar-refractivity contribution in [2.75, 3.05) is 0 Å². The molecule has 0 heterocycles. The van der Waals surface area contributed by atoms with E-state index in [9.17, 15) is 0 Å². The fourth-order valence-corrected chi connectivity index (χ4v) is 0. The topological polar surface area (TPSA) is 1470 Å². The molecule has 0 fully saturated rings. The van der Waals surface area contributed by atoms with E-state index in [0.717, 1.165) is 0 Å². The van der Waals surface area contributed by atoms with Crippen LogP contribution in [-0.2, 0) is 400 Å². The number of rotatable bonds is 0. The van der Waals surface area contributed by atoms with Gasteiger partial charge in [0.15, 0.2) is 0 Å². The monoisotopic (exact) mass is 1620 g/mol. The fourth-order valence-electron chi connectivity index (χ4n) is 0. The van der Waals surface area contributed by atoms with Crippen LogP contribution in [0, 0.1) is 0 Å². The molecule has 0 aromatic rings. The molecule has 48 nitrogen and oxygen atoms in total. The van der Waals surface area contributed by atoms with Gasteiger partial charge in [-0.1, -0.05) is 0 Å². The summed E-state index contributed by atoms with van der Waals surface area (Å²) < 4.78 is 0. The van der Waals surface area contributed by atoms with E-state index < -0.39 is 0 Å². The van der Waals surface area contributed by atoms with E-state index in [1.54, 1.807) is 0 Å². The Labute approximate surface area is 512 Å². The van der Waals surface area contributed by atoms with E-state index in [4.69, 9.17) is 0 Å². The molecule has 0 aliphatic heterocycles. The van der Waals surface area contributed by atoms with Crippen molar-refractivity contribution in [3.63, 3.8) is 0 Å². The summed E-state index contributed by atoms with van der Waals surface area (Å²) in [5.74, 6) is 0. The molecular formula is H52N12O36Pd3V10-32. The van der Waals surface area contributed by atoms with E-state index in [2.05, 4.69) is 0 Å². The maximum Gasteiger partial charge on any atom is 4.00 e. The predicted octanol–water partition coefficient (Wildman–Crippen LogP) is -8.01. The minimum atomic E-state index is 0. The molecule has 0 rings (SSSR count). The molecule has 0 unspecified atom stereocenters. The molecule has 10 radical (unpaired) electrons. The first-order valence-corrected chi connectivity index (χ1v) is 0. The first-order chi connectivity index (χ1) is 0. The van der Waals surface area contributed by atoms with Crippen LogP contribution in [0.15, 0.2) is 0 Å². The van der Waals surface area contributed by atoms with Gasteiger partial charge in [-0.05, 0) is 0 Å². The van der Waals surface area contributed by atoms with E-state index in [0.29, 0.717) is 0 Å². The van der Waals surface area contributed by atoms with Gasteiger partial charge in [0.25, 0.3) is 0 Å². The predicted molar refractivity (Wildman–Crippen MR) is 108 cm³/mol. The summed E-state index contributed by atoms with van der Waals surface area (Å²) in [5.41, 5.74) is 0. The van der Waals surface area contributed by atoms with Gasteiger partial charge >= 0.3 is 111 Å². The van der Waals surface area contributed by atoms with Crippen LogP contribution in [0.1, 0.15) is 0 Å². The third kappa shape index (κ3) is 7700. The number of hydrogen-bond donors (Lipinski definition) is 12. The van der Waals surface area contributed by atoms with Gasteiger partial charge in [0.05, 0.1) is 0 Å². The van der Waals surface area contributed by atoms with Gasteiger partial charge in [-0.3, -0.25) is 0 Å². The van der Waals surface area contributed by atoms with Crippen LogP contribution in [-0.4, -0.2) is 43.8 Å². The molecule has 0 aromatic carbocycles. The molecule has 0 saturated heterocycles. The Morgan fingerprint density at radius 1 is 0.0984 bits per heavy atom. The summed E-state index contributed by atoms with van der Waals surface area (Å²) in [4.78, 5) is 0. The molecule has 52 N–H and O–H groups in total. The molecule has 0 aliphatic carbocycles. The third-order valence-electron chi connectivity index (χ3n) is 0. The molecule has 61 heavy (non-hydrogen) atoms. The van der Waals surface area contributed by atoms with E-state index in [1.807, 2.05) is 0 Å². The van der Waals surface area contributed by atoms with Crippen molar-refractivity contribution < 1.29 is 444 Å². The first kappa shape index (κ1) is 8320. The van der Waals surface area contributed by atoms with E-state index in [1.165, 1.54) is 0 Å². The zero-order valence-corrected chi connectivity index (χ0v) is 48.0. The van der Waals surface area contributed by atoms with Crippen molar-refractivity contribution in [3.8, 4) is 0 Å². The quantitative estimate of drug-likeness (QED) is 0.101. The molecular weight excluding hydrogens is 1570 g/mol. The average Bonchev–Trinajstić information content (AvgIpc) is 0. The molecule has 0 aromatic heterocycles. The van der Waals surface area contributed by atoms with Crippen molar-refractivity contribution in [2.45, 2.75) is 0 Å². The molecule has 0 saturated carbocycles. The Morgan fingerprint density at radius 3 is 0.0984 bits per heavy atom. The Morgan fingerprint density at radius 2 is 0.0984 bits per heavy atom. The molecule has 0 atom stereocenters. The van der Waals surface area contributed by atoms with E-state index in [-0.39, 0.29) is 518 Å². The van der Waals surface area contributed by atoms with Crippen LogP contribution < -0.4 is 73.8 Å². The van der Waals surface area contributed by atoms with Crippen LogP contribution in [0.25, 0.3) is 0 Å². The minimum absolute atomic E-state index is 0. The first-order valence-electron chi connectivity index (χ1n) is 0. The summed E-state index contributed by atoms with van der Waals surface area (Å²) in [7, 11) is 0. The maximum absolute atomic E-state index is 0. The van der Waals surface area contributed by atoms with Crippen molar-refractivity contribution >= 4 is 0 Å². The van der Waals surface area contributed by atoms with Crippen LogP contribution in [0.4, 0.5) is 0 Å². The Kier molecular flexibility index (Phi) is 1080000. The summed E-state index contributed by atoms with van der Waals surface area (Å²) in [6.45, 7) is 0. The van der Waals surface area contributed by atoms with Gasteiger partial charge in [0.1, 0.15) is 0 Å². The van der Waals surface area contributed by atoms with Crippen molar-refractivity contribution in [3.05, 3.63) is 0 Å². The second kappa shape index (κ2) is 7950. The summed E-state index contributed by atoms with van der Waals surface area (Å²) in [6.07, 6.45) is 0. The van der Waals surface area contributed by atoms with Crippen molar-refractivity contribution in [1.82, 2.24) is 73.8 Å². The molecule has 61 heteroatoms. The van der Waals surface area contributed by atoms with Crippen LogP contribution >= 0.6 is 0 Å². The Balaban J connectivity index is 0. The van der Waals surface area contributed by atoms with Gasteiger partial charge in [-0.2, -0.15) is 0 Å². The molecule has 0 amide bonds. The smallest absolute Gasteiger partial charge is 2.00 e. The minimum Gasteiger partial charge on any atom is -2.00 e. The average molecular weight is 1630 g/mol. The van der Waals surface area contributed by atoms with Gasteiger partial charge < -0.3 is 271 Å². The van der Waals surface area contributed by atoms with Crippen LogP contribution in [0.3, 0.4) is 0 Å². The molecule has 0 spiro atoms. The number of hydrogen-bond acceptors (Lipinski definition) is 12. The summed E-state index contributed by atoms with van der Waals surface area (Å²) in [6, 6.07) is 0. The van der Waals surface area contributed by atoms with Gasteiger partial charge in [-0.15, -0.1) is 0 Å². The van der Waals surface area contributed by atoms with Gasteiger partial charge in [0.2, 0.25) is 0 Å². The van der Waals surface area contributed by atoms with Gasteiger partial charge in [0, 0.05) is 135 Å². The third-order valence-corrected chi connectivity index (χ3v) is 0. The van der Waals surface area contributed by atoms with Crippen LogP contribution in [0.5, 0.6) is 0 Å². The van der Waals surface area contributed by atoms with Crippen molar-refractivity contribution in [2.24, 2.45) is 0 Å². The molecule has 0 aliphatic rings. The summed E-state index contributed by atoms with van der Waals surface area (Å²) >= 11 is 0. The van der Waals surface area contributed by atoms with E-state index >= 15 is 0 Å². The fraction of sp³-hybridized carbons (Fsp3) is 0. The largest absolute Gasteiger partial charge is 4.00 e. The zero-order valence-electron chi connectivity index (χ0n) is 29.3. The molecule has 0 bridgehead atoms. The normalized spacial score (nSPS) is 0. The van der Waals surface area contributed by atoms with Crippen LogP contribution in [0.2, 0.25) is 0 Å². The Bertz CT molecular complexity index is 94.7. The second-order valence-corrected chi connectivity index (χ2v) is 0. The second-order valence-electron chi connectivity index (χ2n) is 0. The Hall–Kier alpha value is 5.91. The van der Waals surface area contributed by atoms with Gasteiger partial charge in [-0.25, -0.2) is 0 Å². The zero-order chi connectivity index (χ0) is 0. The molecule has 440 valence electrons. The summed E-state index contributed by atoms with van der Waals surface area (Å²) in [5, 5.41) is 0. The maximum atomic E-state index is 0. The van der Waals surface area contributed by atoms with Crippen molar-refractivity contribution in [1.29, 1.82) is 0 Å². The standard InChI is InChI=1S/12H3N.8H2O.28O.3Pd.10V/h12*1H3;8*1H2;;;;;;;;;;;;;;;;;;;;;;;;;;;;;;;;;;;;;;;;;/q;;;;;;;;;;;;;;;;;;;;28*-2;;;;;;;;6*+4. The SMILES string of the molecule is N.N.N.N.N.N.N.N.N.N.N.N.O.O.O.O.O.O.O.O.[O-2].[O-2].[O-2].[O-2].[O-2].[O-2].[O-2].[O-2].[O-2].[O-2].[O-2].[O-2].[O-2].[O-2].[O-2].[O-2].[O-2].[O-2].[O-2].[O-2].[O-2].[O-2].[O-2].[O-2].[O-2].[O-2].[O-2].[O-2].[Pd].[Pd].[Pd].[V+4].[V+4].[V+4].[V+4].[V+4].[V+4].[V].[V].[V].[V].